The fraction of sp³-hybridized carbons (Fsp3) is 0.419. The van der Waals surface area contributed by atoms with Crippen LogP contribution in [0.4, 0.5) is 51.7 Å². The molecule has 638 valence electrons. The van der Waals surface area contributed by atoms with Crippen LogP contribution < -0.4 is 38.4 Å². The Labute approximate surface area is 711 Å². The third kappa shape index (κ3) is 20.8. The number of nitrogens with zero attached hydrogens (tertiary/aromatic N) is 17. The van der Waals surface area contributed by atoms with E-state index in [1.807, 2.05) is 132 Å². The lowest BCUT2D eigenvalue weighted by Crippen LogP contribution is -2.39. The normalized spacial score (nSPS) is 13.5. The Kier molecular flexibility index (Phi) is 27.6. The summed E-state index contributed by atoms with van der Waals surface area (Å²) in [6.45, 7) is 35.5. The number of halogens is 5. The monoisotopic (exact) mass is 1700 g/mol. The molecule has 0 spiro atoms. The van der Waals surface area contributed by atoms with E-state index in [0.717, 1.165) is 60.5 Å². The van der Waals surface area contributed by atoms with Crippen molar-refractivity contribution < 1.29 is 32.2 Å². The van der Waals surface area contributed by atoms with Gasteiger partial charge in [-0.1, -0.05) is 30.0 Å². The van der Waals surface area contributed by atoms with Crippen LogP contribution in [0.2, 0.25) is 0 Å². The highest BCUT2D eigenvalue weighted by Gasteiger charge is 2.32. The van der Waals surface area contributed by atoms with Gasteiger partial charge in [0.25, 0.3) is 16.7 Å². The molecular formula is C86H106Cl2F3N21O7S. The highest BCUT2D eigenvalue weighted by atomic mass is 35.5. The topological polar surface area (TPSA) is 318 Å². The molecule has 0 fully saturated rings. The molecule has 12 aromatic rings. The number of hydrogen-bond donors (Lipinski definition) is 4. The first-order valence-corrected chi connectivity index (χ1v) is 40.6. The molecule has 34 heteroatoms. The molecule has 0 unspecified atom stereocenters. The molecule has 3 aliphatic rings. The smallest absolute Gasteiger partial charge is 0.410 e. The molecule has 0 saturated carbocycles. The van der Waals surface area contributed by atoms with Crippen LogP contribution in [-0.4, -0.2) is 132 Å². The van der Waals surface area contributed by atoms with Crippen molar-refractivity contribution in [3.8, 4) is 17.1 Å². The van der Waals surface area contributed by atoms with E-state index in [0.29, 0.717) is 99.1 Å². The maximum absolute atomic E-state index is 14.8. The van der Waals surface area contributed by atoms with Gasteiger partial charge >= 0.3 is 12.2 Å². The predicted molar refractivity (Wildman–Crippen MR) is 469 cm³/mol. The summed E-state index contributed by atoms with van der Waals surface area (Å²) in [6, 6.07) is 27.8. The predicted octanol–water partition coefficient (Wildman–Crippen LogP) is 16.8. The number of anilines is 5. The van der Waals surface area contributed by atoms with E-state index in [-0.39, 0.29) is 83.2 Å². The maximum Gasteiger partial charge on any atom is 0.410 e. The maximum atomic E-state index is 14.8. The molecule has 0 atom stereocenters. The highest BCUT2D eigenvalue weighted by molar-refractivity contribution is 7.98. The Morgan fingerprint density at radius 2 is 0.825 bits per heavy atom. The molecule has 0 aliphatic carbocycles. The zero-order valence-corrected chi connectivity index (χ0v) is 73.6. The van der Waals surface area contributed by atoms with Crippen molar-refractivity contribution in [2.45, 2.75) is 215 Å². The summed E-state index contributed by atoms with van der Waals surface area (Å²) in [6.07, 6.45) is 13.1. The summed E-state index contributed by atoms with van der Waals surface area (Å²) in [5, 5.41) is 11.7. The van der Waals surface area contributed by atoms with Gasteiger partial charge in [0.1, 0.15) is 44.4 Å². The Morgan fingerprint density at radius 1 is 0.467 bits per heavy atom. The number of pyridine rings is 3. The third-order valence-corrected chi connectivity index (χ3v) is 20.2. The van der Waals surface area contributed by atoms with E-state index in [9.17, 15) is 37.1 Å². The quantitative estimate of drug-likeness (QED) is 0.0446. The molecule has 28 nitrogen and oxygen atoms in total. The molecule has 9 aromatic heterocycles. The Balaban J connectivity index is 0.000000174. The molecule has 5 N–H and O–H groups in total. The van der Waals surface area contributed by atoms with Gasteiger partial charge in [-0.05, 0) is 263 Å². The van der Waals surface area contributed by atoms with Crippen LogP contribution in [0.25, 0.3) is 50.2 Å². The van der Waals surface area contributed by atoms with Gasteiger partial charge in [-0.25, -0.2) is 70.8 Å². The number of hydrogen-bond acceptors (Lipinski definition) is 21. The zero-order valence-electron chi connectivity index (χ0n) is 71.1. The number of nitrogens with two attached hydrogens (primary N) is 1. The SMILES string of the molecule is CC(C)(C)OC(=O)N1CCc2ccc(N)cc2C1.CC(C)n1c(=O)c2cnc(Nc3ccc4c(c3)CN(C(=O)OC(C)(C)C)CC4)nc2n1-c1ccnc(C(C)(C)F)c1.CC(C)n1c(=O)c2cnc(Nc3ccc4c(c3)CNCC4)nc2n1-c1ccnc(C(C)(C)F)c1.CSc1ncc2c(=O)n(C(C)C)n(-c3ccnc(C(C)(C)F)c3)c2n1.Cl.Cl. The number of amides is 2. The van der Waals surface area contributed by atoms with Crippen LogP contribution in [0, 0.1) is 0 Å². The van der Waals surface area contributed by atoms with Crippen molar-refractivity contribution in [1.29, 1.82) is 0 Å². The average Bonchev–Trinajstić information content (AvgIpc) is 1.61. The van der Waals surface area contributed by atoms with Gasteiger partial charge in [0.15, 0.2) is 22.1 Å². The Bertz CT molecular complexity index is 5950. The van der Waals surface area contributed by atoms with Gasteiger partial charge in [-0.15, -0.1) is 24.8 Å². The lowest BCUT2D eigenvalue weighted by atomic mass is 9.99. The van der Waals surface area contributed by atoms with Gasteiger partial charge in [0.05, 0.1) is 34.1 Å². The molecule has 3 aromatic carbocycles. The number of nitrogen functional groups attached to an aromatic ring is 1. The number of aromatic nitrogens is 15. The molecule has 3 aliphatic heterocycles. The summed E-state index contributed by atoms with van der Waals surface area (Å²) in [7, 11) is 0. The van der Waals surface area contributed by atoms with Gasteiger partial charge in [-0.3, -0.25) is 29.3 Å². The first kappa shape index (κ1) is 91.1. The number of fused-ring (bicyclic) bond motifs is 6. The second-order valence-corrected chi connectivity index (χ2v) is 34.5. The lowest BCUT2D eigenvalue weighted by Gasteiger charge is -2.31. The van der Waals surface area contributed by atoms with Crippen LogP contribution in [0.5, 0.6) is 0 Å². The minimum atomic E-state index is -1.66. The van der Waals surface area contributed by atoms with E-state index < -0.39 is 28.2 Å². The van der Waals surface area contributed by atoms with E-state index in [1.54, 1.807) is 99.1 Å². The highest BCUT2D eigenvalue weighted by Crippen LogP contribution is 2.34. The number of carbonyl (C=O) groups excluding carboxylic acids is 2. The van der Waals surface area contributed by atoms with Crippen molar-refractivity contribution in [3.63, 3.8) is 0 Å². The second kappa shape index (κ2) is 36.4. The largest absolute Gasteiger partial charge is 0.444 e. The molecular weight excluding hydrogens is 1600 g/mol. The zero-order chi connectivity index (χ0) is 85.4. The lowest BCUT2D eigenvalue weighted by molar-refractivity contribution is 0.0214. The molecule has 0 bridgehead atoms. The van der Waals surface area contributed by atoms with Crippen LogP contribution in [-0.2, 0) is 65.4 Å². The first-order chi connectivity index (χ1) is 55.5. The molecule has 2 amide bonds. The molecule has 120 heavy (non-hydrogen) atoms. The number of benzene rings is 3. The van der Waals surface area contributed by atoms with Crippen molar-refractivity contribution in [1.82, 2.24) is 88.1 Å². The second-order valence-electron chi connectivity index (χ2n) is 33.7. The number of nitrogens with one attached hydrogen (secondary N) is 3. The van der Waals surface area contributed by atoms with E-state index in [1.165, 1.54) is 88.0 Å². The number of thioether (sulfide) groups is 1. The summed E-state index contributed by atoms with van der Waals surface area (Å²) >= 11 is 1.40. The minimum Gasteiger partial charge on any atom is -0.444 e. The molecule has 15 rings (SSSR count). The fourth-order valence-corrected chi connectivity index (χ4v) is 14.3. The summed E-state index contributed by atoms with van der Waals surface area (Å²) in [4.78, 5) is 107. The molecule has 0 radical (unpaired) electrons. The molecule has 12 heterocycles. The first-order valence-electron chi connectivity index (χ1n) is 39.4. The Hall–Kier alpha value is -11.2. The van der Waals surface area contributed by atoms with Crippen molar-refractivity contribution in [3.05, 3.63) is 210 Å². The minimum absolute atomic E-state index is 0. The summed E-state index contributed by atoms with van der Waals surface area (Å²) < 4.78 is 64.6. The number of rotatable bonds is 14. The number of alkyl halides is 3. The Morgan fingerprint density at radius 3 is 1.20 bits per heavy atom. The standard InChI is InChI=1S/C30H36FN7O3.C25H28FN7O.C17H20FN5OS.C14H20N2O2.2ClH/c1-18(2)37-26(39)23-16-33-27(35-25(23)38(37)22-10-12-32-24(15-22)30(6,7)31)34-21-9-8-19-11-13-36(17-20(19)14-21)28(40)41-29(3,4)5;1-15(2)32-23(34)20-14-29-24(30-18-6-5-16-7-9-27-13-17(16)11-18)31-22(20)33(32)19-8-10-28-21(12-19)25(3,4)26;1-10(2)22-15(24)12-9-20-16(25-5)21-14(12)23(22)11-6-7-19-13(8-11)17(3,4)18;1-14(2,3)18-13(17)16-7-6-10-4-5-12(15)8-11(10)9-16;;/h8-10,12,14-16,18H,11,13,17H2,1-7H3,(H,33,34,35);5-6,8,10-12,14-15,27H,7,9,13H2,1-4H3,(H,29,30,31);6-10H,1-5H3;4-5,8H,6-7,9,15H2,1-3H3;2*1H. The van der Waals surface area contributed by atoms with Crippen LogP contribution >= 0.6 is 36.6 Å². The van der Waals surface area contributed by atoms with Crippen molar-refractivity contribution in [2.75, 3.05) is 42.3 Å². The van der Waals surface area contributed by atoms with Gasteiger partial charge in [0, 0.05) is 105 Å². The van der Waals surface area contributed by atoms with E-state index >= 15 is 0 Å². The van der Waals surface area contributed by atoms with E-state index in [2.05, 4.69) is 63.0 Å². The third-order valence-electron chi connectivity index (χ3n) is 19.7. The van der Waals surface area contributed by atoms with Crippen LogP contribution in [0.15, 0.2) is 148 Å². The summed E-state index contributed by atoms with van der Waals surface area (Å²) in [5.74, 6) is 0.679. The van der Waals surface area contributed by atoms with E-state index in [4.69, 9.17) is 25.2 Å². The molecule has 0 saturated heterocycles. The summed E-state index contributed by atoms with van der Waals surface area (Å²) in [5.41, 5.74) is 12.8. The van der Waals surface area contributed by atoms with Gasteiger partial charge in [-0.2, -0.15) is 9.97 Å². The van der Waals surface area contributed by atoms with Gasteiger partial charge < -0.3 is 41.0 Å². The average molecular weight is 1710 g/mol. The number of ether oxygens (including phenoxy) is 2. The van der Waals surface area contributed by atoms with Gasteiger partial charge in [0.2, 0.25) is 11.9 Å². The number of carbonyl (C=O) groups is 2. The van der Waals surface area contributed by atoms with Crippen molar-refractivity contribution in [2.24, 2.45) is 0 Å². The fourth-order valence-electron chi connectivity index (χ4n) is 14.0. The van der Waals surface area contributed by atoms with Crippen molar-refractivity contribution >= 4 is 111 Å². The van der Waals surface area contributed by atoms with Crippen LogP contribution in [0.3, 0.4) is 0 Å². The van der Waals surface area contributed by atoms with Crippen LogP contribution in [0.1, 0.15) is 193 Å².